The molecule has 20 heavy (non-hydrogen) atoms. The van der Waals surface area contributed by atoms with Gasteiger partial charge in [-0.25, -0.2) is 0 Å². The second-order valence-corrected chi connectivity index (χ2v) is 4.87. The predicted molar refractivity (Wildman–Crippen MR) is 75.0 cm³/mol. The molecule has 0 fully saturated rings. The Morgan fingerprint density at radius 3 is 2.60 bits per heavy atom. The van der Waals surface area contributed by atoms with E-state index in [2.05, 4.69) is 10.1 Å². The van der Waals surface area contributed by atoms with Gasteiger partial charge in [0.15, 0.2) is 5.82 Å². The topological polar surface area (TPSA) is 59.2 Å². The van der Waals surface area contributed by atoms with E-state index in [4.69, 9.17) is 4.52 Å². The normalized spacial score (nSPS) is 10.6. The second-order valence-electron chi connectivity index (χ2n) is 4.87. The molecule has 0 spiro atoms. The Morgan fingerprint density at radius 2 is 2.00 bits per heavy atom. The summed E-state index contributed by atoms with van der Waals surface area (Å²) in [6.07, 6.45) is 1.11. The van der Waals surface area contributed by atoms with Gasteiger partial charge in [-0.3, -0.25) is 4.79 Å². The molecule has 1 amide bonds. The zero-order valence-electron chi connectivity index (χ0n) is 12.1. The molecule has 0 saturated heterocycles. The van der Waals surface area contributed by atoms with Crippen molar-refractivity contribution in [1.82, 2.24) is 15.0 Å². The van der Waals surface area contributed by atoms with E-state index < -0.39 is 0 Å². The average Bonchev–Trinajstić information content (AvgIpc) is 2.89. The first kappa shape index (κ1) is 14.2. The van der Waals surface area contributed by atoms with Gasteiger partial charge in [0.05, 0.1) is 13.0 Å². The molecule has 0 aliphatic carbocycles. The lowest BCUT2D eigenvalue weighted by Gasteiger charge is -2.14. The zero-order valence-corrected chi connectivity index (χ0v) is 12.1. The molecule has 2 aromatic rings. The predicted octanol–water partition coefficient (Wildman–Crippen LogP) is 2.14. The highest BCUT2D eigenvalue weighted by Crippen LogP contribution is 2.07. The maximum atomic E-state index is 12.1. The Labute approximate surface area is 118 Å². The molecular weight excluding hydrogens is 254 g/mol. The van der Waals surface area contributed by atoms with Crippen LogP contribution in [0.15, 0.2) is 28.8 Å². The molecule has 5 nitrogen and oxygen atoms in total. The first-order valence-corrected chi connectivity index (χ1v) is 6.69. The van der Waals surface area contributed by atoms with Gasteiger partial charge in [-0.1, -0.05) is 41.9 Å². The molecule has 5 heteroatoms. The van der Waals surface area contributed by atoms with Gasteiger partial charge in [0.25, 0.3) is 0 Å². The fourth-order valence-electron chi connectivity index (χ4n) is 1.80. The minimum absolute atomic E-state index is 0.0325. The van der Waals surface area contributed by atoms with Crippen LogP contribution in [0, 0.1) is 6.92 Å². The van der Waals surface area contributed by atoms with Crippen LogP contribution < -0.4 is 0 Å². The summed E-state index contributed by atoms with van der Waals surface area (Å²) in [5.41, 5.74) is 2.19. The van der Waals surface area contributed by atoms with E-state index in [0.717, 1.165) is 12.0 Å². The summed E-state index contributed by atoms with van der Waals surface area (Å²) in [7, 11) is 1.74. The second kappa shape index (κ2) is 6.32. The van der Waals surface area contributed by atoms with E-state index in [-0.39, 0.29) is 5.91 Å². The van der Waals surface area contributed by atoms with Crippen molar-refractivity contribution >= 4 is 5.91 Å². The van der Waals surface area contributed by atoms with E-state index in [1.807, 2.05) is 38.1 Å². The zero-order chi connectivity index (χ0) is 14.5. The molecule has 0 N–H and O–H groups in total. The number of amides is 1. The van der Waals surface area contributed by atoms with Crippen LogP contribution >= 0.6 is 0 Å². The number of aryl methyl sites for hydroxylation is 2. The first-order chi connectivity index (χ1) is 9.58. The third-order valence-corrected chi connectivity index (χ3v) is 3.10. The van der Waals surface area contributed by atoms with Crippen molar-refractivity contribution in [3.8, 4) is 0 Å². The molecule has 0 atom stereocenters. The van der Waals surface area contributed by atoms with Gasteiger partial charge >= 0.3 is 0 Å². The number of carbonyl (C=O) groups excluding carboxylic acids is 1. The van der Waals surface area contributed by atoms with E-state index in [0.29, 0.717) is 24.7 Å². The Balaban J connectivity index is 1.93. The summed E-state index contributed by atoms with van der Waals surface area (Å²) >= 11 is 0. The molecule has 0 saturated carbocycles. The minimum Gasteiger partial charge on any atom is -0.337 e. The molecule has 1 heterocycles. The van der Waals surface area contributed by atoms with Crippen LogP contribution in [0.3, 0.4) is 0 Å². The highest BCUT2D eigenvalue weighted by Gasteiger charge is 2.13. The molecule has 1 aromatic heterocycles. The van der Waals surface area contributed by atoms with Crippen LogP contribution in [0.25, 0.3) is 0 Å². The first-order valence-electron chi connectivity index (χ1n) is 6.69. The molecule has 0 aliphatic rings. The Kier molecular flexibility index (Phi) is 4.50. The Bertz CT molecular complexity index is 575. The smallest absolute Gasteiger partial charge is 0.246 e. The largest absolute Gasteiger partial charge is 0.337 e. The van der Waals surface area contributed by atoms with Gasteiger partial charge in [0.1, 0.15) is 0 Å². The number of carbonyl (C=O) groups is 1. The summed E-state index contributed by atoms with van der Waals surface area (Å²) in [6.45, 7) is 4.33. The van der Waals surface area contributed by atoms with Crippen LogP contribution in [-0.2, 0) is 24.2 Å². The summed E-state index contributed by atoms with van der Waals surface area (Å²) < 4.78 is 5.09. The fraction of sp³-hybridized carbons (Fsp3) is 0.400. The Morgan fingerprint density at radius 1 is 1.30 bits per heavy atom. The molecule has 0 unspecified atom stereocenters. The fourth-order valence-corrected chi connectivity index (χ4v) is 1.80. The maximum absolute atomic E-state index is 12.1. The van der Waals surface area contributed by atoms with Gasteiger partial charge < -0.3 is 9.42 Å². The molecular formula is C15H19N3O2. The standard InChI is InChI=1S/C15H19N3O2/c1-4-13-16-14(20-17-13)10-18(3)15(19)9-12-7-5-11(2)6-8-12/h5-8H,4,9-10H2,1-3H3. The van der Waals surface area contributed by atoms with Crippen molar-refractivity contribution in [2.24, 2.45) is 0 Å². The van der Waals surface area contributed by atoms with Gasteiger partial charge in [-0.05, 0) is 12.5 Å². The SMILES string of the molecule is CCc1noc(CN(C)C(=O)Cc2ccc(C)cc2)n1. The summed E-state index contributed by atoms with van der Waals surface area (Å²) in [5.74, 6) is 1.17. The summed E-state index contributed by atoms with van der Waals surface area (Å²) in [4.78, 5) is 17.9. The van der Waals surface area contributed by atoms with Crippen molar-refractivity contribution in [2.75, 3.05) is 7.05 Å². The van der Waals surface area contributed by atoms with Crippen molar-refractivity contribution < 1.29 is 9.32 Å². The lowest BCUT2D eigenvalue weighted by molar-refractivity contribution is -0.130. The molecule has 106 valence electrons. The van der Waals surface area contributed by atoms with E-state index in [9.17, 15) is 4.79 Å². The third kappa shape index (κ3) is 3.66. The lowest BCUT2D eigenvalue weighted by atomic mass is 10.1. The highest BCUT2D eigenvalue weighted by molar-refractivity contribution is 5.78. The number of benzene rings is 1. The average molecular weight is 273 g/mol. The van der Waals surface area contributed by atoms with Crippen LogP contribution in [-0.4, -0.2) is 28.0 Å². The number of hydrogen-bond acceptors (Lipinski definition) is 4. The maximum Gasteiger partial charge on any atom is 0.246 e. The van der Waals surface area contributed by atoms with Crippen molar-refractivity contribution in [2.45, 2.75) is 33.2 Å². The highest BCUT2D eigenvalue weighted by atomic mass is 16.5. The van der Waals surface area contributed by atoms with Crippen molar-refractivity contribution in [3.05, 3.63) is 47.1 Å². The minimum atomic E-state index is 0.0325. The van der Waals surface area contributed by atoms with Gasteiger partial charge in [-0.15, -0.1) is 0 Å². The molecule has 0 aliphatic heterocycles. The van der Waals surface area contributed by atoms with Crippen LogP contribution in [0.4, 0.5) is 0 Å². The molecule has 0 radical (unpaired) electrons. The Hall–Kier alpha value is -2.17. The number of rotatable bonds is 5. The van der Waals surface area contributed by atoms with Gasteiger partial charge in [0, 0.05) is 13.5 Å². The van der Waals surface area contributed by atoms with Crippen molar-refractivity contribution in [3.63, 3.8) is 0 Å². The quantitative estimate of drug-likeness (QED) is 0.837. The number of likely N-dealkylation sites (N-methyl/N-ethyl adjacent to an activating group) is 1. The van der Waals surface area contributed by atoms with E-state index >= 15 is 0 Å². The van der Waals surface area contributed by atoms with Crippen molar-refractivity contribution in [1.29, 1.82) is 0 Å². The van der Waals surface area contributed by atoms with Gasteiger partial charge in [-0.2, -0.15) is 4.98 Å². The number of hydrogen-bond donors (Lipinski definition) is 0. The molecule has 2 rings (SSSR count). The summed E-state index contributed by atoms with van der Waals surface area (Å²) in [5, 5.41) is 3.82. The van der Waals surface area contributed by atoms with E-state index in [1.165, 1.54) is 5.56 Å². The van der Waals surface area contributed by atoms with Gasteiger partial charge in [0.2, 0.25) is 11.8 Å². The number of aromatic nitrogens is 2. The molecule has 1 aromatic carbocycles. The van der Waals surface area contributed by atoms with Crippen LogP contribution in [0.2, 0.25) is 0 Å². The lowest BCUT2D eigenvalue weighted by Crippen LogP contribution is -2.27. The molecule has 0 bridgehead atoms. The summed E-state index contributed by atoms with van der Waals surface area (Å²) in [6, 6.07) is 7.97. The third-order valence-electron chi connectivity index (χ3n) is 3.10. The van der Waals surface area contributed by atoms with E-state index in [1.54, 1.807) is 11.9 Å². The number of nitrogens with zero attached hydrogens (tertiary/aromatic N) is 3. The van der Waals surface area contributed by atoms with Crippen LogP contribution in [0.1, 0.15) is 29.8 Å². The monoisotopic (exact) mass is 273 g/mol. The van der Waals surface area contributed by atoms with Crippen LogP contribution in [0.5, 0.6) is 0 Å².